The number of hydrogen-bond acceptors (Lipinski definition) is 3. The molecule has 2 rings (SSSR count). The lowest BCUT2D eigenvalue weighted by Crippen LogP contribution is -2.42. The van der Waals surface area contributed by atoms with E-state index in [0.29, 0.717) is 6.61 Å². The highest BCUT2D eigenvalue weighted by atomic mass is 16.5. The Balaban J connectivity index is 1.94. The van der Waals surface area contributed by atoms with Crippen molar-refractivity contribution in [2.45, 2.75) is 25.8 Å². The number of piperidine rings is 1. The predicted octanol–water partition coefficient (Wildman–Crippen LogP) is 2.05. The maximum Gasteiger partial charge on any atom is 0.246 e. The summed E-state index contributed by atoms with van der Waals surface area (Å²) in [6.45, 7) is 4.10. The molecule has 1 fully saturated rings. The summed E-state index contributed by atoms with van der Waals surface area (Å²) in [5, 5.41) is 0. The Morgan fingerprint density at radius 1 is 1.45 bits per heavy atom. The molecule has 1 saturated heterocycles. The van der Waals surface area contributed by atoms with Crippen LogP contribution >= 0.6 is 0 Å². The molecule has 0 radical (unpaired) electrons. The van der Waals surface area contributed by atoms with Crippen LogP contribution in [-0.4, -0.2) is 36.5 Å². The van der Waals surface area contributed by atoms with Gasteiger partial charge in [0.2, 0.25) is 5.91 Å². The molecular formula is C16H22N2O2. The van der Waals surface area contributed by atoms with Crippen molar-refractivity contribution in [1.82, 2.24) is 4.90 Å². The van der Waals surface area contributed by atoms with Gasteiger partial charge in [-0.05, 0) is 43.5 Å². The Morgan fingerprint density at radius 3 is 2.90 bits per heavy atom. The van der Waals surface area contributed by atoms with E-state index in [2.05, 4.69) is 0 Å². The van der Waals surface area contributed by atoms with Gasteiger partial charge in [0.1, 0.15) is 5.75 Å². The van der Waals surface area contributed by atoms with Crippen LogP contribution in [0.4, 0.5) is 0 Å². The number of amides is 1. The predicted molar refractivity (Wildman–Crippen MR) is 80.4 cm³/mol. The summed E-state index contributed by atoms with van der Waals surface area (Å²) in [4.78, 5) is 13.9. The Labute approximate surface area is 120 Å². The molecule has 1 aliphatic rings. The fourth-order valence-corrected chi connectivity index (χ4v) is 2.27. The van der Waals surface area contributed by atoms with Crippen molar-refractivity contribution in [3.8, 4) is 5.75 Å². The molecule has 4 heteroatoms. The van der Waals surface area contributed by atoms with Crippen molar-refractivity contribution in [1.29, 1.82) is 0 Å². The second-order valence-corrected chi connectivity index (χ2v) is 5.00. The molecule has 1 heterocycles. The SMILES string of the molecule is CCOc1cccc(/C=C/C(=O)N2CCC(N)CC2)c1. The maximum absolute atomic E-state index is 12.1. The van der Waals surface area contributed by atoms with E-state index in [1.807, 2.05) is 42.2 Å². The van der Waals surface area contributed by atoms with E-state index in [4.69, 9.17) is 10.5 Å². The van der Waals surface area contributed by atoms with Crippen LogP contribution in [-0.2, 0) is 4.79 Å². The molecule has 0 aromatic heterocycles. The highest BCUT2D eigenvalue weighted by Gasteiger charge is 2.18. The molecule has 0 aliphatic carbocycles. The quantitative estimate of drug-likeness (QED) is 0.855. The number of likely N-dealkylation sites (tertiary alicyclic amines) is 1. The number of carbonyl (C=O) groups is 1. The summed E-state index contributed by atoms with van der Waals surface area (Å²) in [7, 11) is 0. The molecule has 20 heavy (non-hydrogen) atoms. The van der Waals surface area contributed by atoms with Crippen molar-refractivity contribution in [3.63, 3.8) is 0 Å². The number of rotatable bonds is 4. The summed E-state index contributed by atoms with van der Waals surface area (Å²) in [6.07, 6.45) is 5.24. The average Bonchev–Trinajstić information content (AvgIpc) is 2.46. The molecule has 0 saturated carbocycles. The number of nitrogens with two attached hydrogens (primary N) is 1. The van der Waals surface area contributed by atoms with Gasteiger partial charge in [-0.3, -0.25) is 4.79 Å². The molecule has 1 aliphatic heterocycles. The fourth-order valence-electron chi connectivity index (χ4n) is 2.27. The first-order valence-corrected chi connectivity index (χ1v) is 7.14. The van der Waals surface area contributed by atoms with Crippen LogP contribution in [0.3, 0.4) is 0 Å². The van der Waals surface area contributed by atoms with Crippen LogP contribution in [0.5, 0.6) is 5.75 Å². The number of carbonyl (C=O) groups excluding carboxylic acids is 1. The zero-order valence-electron chi connectivity index (χ0n) is 11.9. The van der Waals surface area contributed by atoms with E-state index in [-0.39, 0.29) is 11.9 Å². The molecule has 4 nitrogen and oxygen atoms in total. The van der Waals surface area contributed by atoms with Gasteiger partial charge in [0.25, 0.3) is 0 Å². The Kier molecular flexibility index (Phi) is 5.18. The fraction of sp³-hybridized carbons (Fsp3) is 0.438. The van der Waals surface area contributed by atoms with Gasteiger partial charge in [-0.2, -0.15) is 0 Å². The molecule has 2 N–H and O–H groups in total. The van der Waals surface area contributed by atoms with Crippen LogP contribution in [0.2, 0.25) is 0 Å². The monoisotopic (exact) mass is 274 g/mol. The highest BCUT2D eigenvalue weighted by Crippen LogP contribution is 2.15. The number of benzene rings is 1. The van der Waals surface area contributed by atoms with Gasteiger partial charge in [0.15, 0.2) is 0 Å². The van der Waals surface area contributed by atoms with E-state index in [1.165, 1.54) is 0 Å². The molecule has 0 atom stereocenters. The first kappa shape index (κ1) is 14.6. The minimum atomic E-state index is 0.0544. The van der Waals surface area contributed by atoms with E-state index in [1.54, 1.807) is 6.08 Å². The summed E-state index contributed by atoms with van der Waals surface area (Å²) in [5.74, 6) is 0.879. The Hall–Kier alpha value is -1.81. The van der Waals surface area contributed by atoms with Crippen LogP contribution in [0.1, 0.15) is 25.3 Å². The third-order valence-electron chi connectivity index (χ3n) is 3.44. The average molecular weight is 274 g/mol. The van der Waals surface area contributed by atoms with Gasteiger partial charge in [0.05, 0.1) is 6.61 Å². The first-order chi connectivity index (χ1) is 9.69. The Bertz CT molecular complexity index is 477. The molecule has 0 unspecified atom stereocenters. The lowest BCUT2D eigenvalue weighted by atomic mass is 10.1. The lowest BCUT2D eigenvalue weighted by molar-refractivity contribution is -0.126. The lowest BCUT2D eigenvalue weighted by Gasteiger charge is -2.29. The third kappa shape index (κ3) is 4.10. The normalized spacial score (nSPS) is 16.6. The van der Waals surface area contributed by atoms with Crippen LogP contribution in [0.15, 0.2) is 30.3 Å². The summed E-state index contributed by atoms with van der Waals surface area (Å²) < 4.78 is 5.44. The zero-order chi connectivity index (χ0) is 14.4. The molecule has 0 bridgehead atoms. The van der Waals surface area contributed by atoms with Crippen molar-refractivity contribution in [2.75, 3.05) is 19.7 Å². The summed E-state index contributed by atoms with van der Waals surface area (Å²) in [6, 6.07) is 7.97. The van der Waals surface area contributed by atoms with Crippen molar-refractivity contribution in [3.05, 3.63) is 35.9 Å². The van der Waals surface area contributed by atoms with Crippen LogP contribution in [0.25, 0.3) is 6.08 Å². The minimum absolute atomic E-state index is 0.0544. The third-order valence-corrected chi connectivity index (χ3v) is 3.44. The summed E-state index contributed by atoms with van der Waals surface area (Å²) >= 11 is 0. The standard InChI is InChI=1S/C16H22N2O2/c1-2-20-15-5-3-4-13(12-15)6-7-16(19)18-10-8-14(17)9-11-18/h3-7,12,14H,2,8-11,17H2,1H3/b7-6+. The second-order valence-electron chi connectivity index (χ2n) is 5.00. The number of ether oxygens (including phenoxy) is 1. The van der Waals surface area contributed by atoms with Gasteiger partial charge < -0.3 is 15.4 Å². The molecule has 1 aromatic carbocycles. The molecule has 0 spiro atoms. The molecular weight excluding hydrogens is 252 g/mol. The zero-order valence-corrected chi connectivity index (χ0v) is 11.9. The second kappa shape index (κ2) is 7.10. The van der Waals surface area contributed by atoms with Gasteiger partial charge in [0, 0.05) is 25.2 Å². The van der Waals surface area contributed by atoms with Crippen LogP contribution < -0.4 is 10.5 Å². The molecule has 1 amide bonds. The van der Waals surface area contributed by atoms with Gasteiger partial charge in [-0.25, -0.2) is 0 Å². The highest BCUT2D eigenvalue weighted by molar-refractivity contribution is 5.91. The van der Waals surface area contributed by atoms with Gasteiger partial charge in [-0.1, -0.05) is 12.1 Å². The number of nitrogens with zero attached hydrogens (tertiary/aromatic N) is 1. The largest absolute Gasteiger partial charge is 0.494 e. The van der Waals surface area contributed by atoms with E-state index in [0.717, 1.165) is 37.2 Å². The maximum atomic E-state index is 12.1. The molecule has 108 valence electrons. The van der Waals surface area contributed by atoms with Crippen LogP contribution in [0, 0.1) is 0 Å². The topological polar surface area (TPSA) is 55.6 Å². The van der Waals surface area contributed by atoms with Crippen molar-refractivity contribution in [2.24, 2.45) is 5.73 Å². The van der Waals surface area contributed by atoms with Gasteiger partial charge >= 0.3 is 0 Å². The van der Waals surface area contributed by atoms with Crippen molar-refractivity contribution >= 4 is 12.0 Å². The summed E-state index contributed by atoms with van der Waals surface area (Å²) in [5.41, 5.74) is 6.81. The minimum Gasteiger partial charge on any atom is -0.494 e. The Morgan fingerprint density at radius 2 is 2.20 bits per heavy atom. The van der Waals surface area contributed by atoms with Crippen molar-refractivity contribution < 1.29 is 9.53 Å². The molecule has 1 aromatic rings. The van der Waals surface area contributed by atoms with E-state index < -0.39 is 0 Å². The van der Waals surface area contributed by atoms with E-state index in [9.17, 15) is 4.79 Å². The van der Waals surface area contributed by atoms with E-state index >= 15 is 0 Å². The first-order valence-electron chi connectivity index (χ1n) is 7.14. The number of hydrogen-bond donors (Lipinski definition) is 1. The van der Waals surface area contributed by atoms with Gasteiger partial charge in [-0.15, -0.1) is 0 Å². The smallest absolute Gasteiger partial charge is 0.246 e.